The summed E-state index contributed by atoms with van der Waals surface area (Å²) in [5.74, 6) is -0.291. The van der Waals surface area contributed by atoms with Crippen molar-refractivity contribution in [3.63, 3.8) is 0 Å². The molecular weight excluding hydrogens is 190 g/mol. The Labute approximate surface area is 91.2 Å². The van der Waals surface area contributed by atoms with Gasteiger partial charge in [-0.2, -0.15) is 0 Å². The molecule has 1 rings (SSSR count). The van der Waals surface area contributed by atoms with E-state index >= 15 is 0 Å². The molecule has 0 N–H and O–H groups in total. The van der Waals surface area contributed by atoms with Crippen LogP contribution in [0.15, 0.2) is 16.8 Å². The summed E-state index contributed by atoms with van der Waals surface area (Å²) in [7, 11) is 0. The molecule has 0 unspecified atom stereocenters. The lowest BCUT2D eigenvalue weighted by Gasteiger charge is -2.13. The smallest absolute Gasteiger partial charge is 0.317 e. The Morgan fingerprint density at radius 2 is 2.13 bits per heavy atom. The van der Waals surface area contributed by atoms with E-state index in [9.17, 15) is 4.79 Å². The molecule has 0 spiro atoms. The minimum Gasteiger partial charge on any atom is -0.317 e. The van der Waals surface area contributed by atoms with Crippen LogP contribution in [-0.4, -0.2) is 11.7 Å². The summed E-state index contributed by atoms with van der Waals surface area (Å²) in [6.45, 7) is 7.33. The summed E-state index contributed by atoms with van der Waals surface area (Å²) in [5.41, 5.74) is 1.54. The first-order valence-electron chi connectivity index (χ1n) is 5.36. The van der Waals surface area contributed by atoms with Crippen LogP contribution >= 0.6 is 0 Å². The molecule has 84 valence electrons. The van der Waals surface area contributed by atoms with Gasteiger partial charge in [-0.1, -0.05) is 11.2 Å². The molecule has 0 amide bonds. The van der Waals surface area contributed by atoms with E-state index in [1.807, 2.05) is 27.7 Å². The second-order valence-corrected chi connectivity index (χ2v) is 4.93. The Balaban J connectivity index is 2.54. The third kappa shape index (κ3) is 3.50. The summed E-state index contributed by atoms with van der Waals surface area (Å²) in [4.78, 5) is 16.3. The average Bonchev–Trinajstić information content (AvgIpc) is 2.64. The Hall–Kier alpha value is -1.12. The molecule has 1 aliphatic rings. The van der Waals surface area contributed by atoms with Gasteiger partial charge in [-0.3, -0.25) is 0 Å². The molecule has 0 fully saturated rings. The van der Waals surface area contributed by atoms with E-state index in [1.54, 1.807) is 0 Å². The van der Waals surface area contributed by atoms with Crippen molar-refractivity contribution in [1.82, 2.24) is 0 Å². The number of allylic oxidation sites excluding steroid dienone is 2. The zero-order valence-corrected chi connectivity index (χ0v) is 9.96. The minimum absolute atomic E-state index is 0.291. The first kappa shape index (κ1) is 12.0. The number of carbonyl (C=O) groups excluding carboxylic acids is 1. The lowest BCUT2D eigenvalue weighted by atomic mass is 9.98. The highest BCUT2D eigenvalue weighted by Crippen LogP contribution is 2.20. The van der Waals surface area contributed by atoms with Crippen LogP contribution in [0.25, 0.3) is 0 Å². The van der Waals surface area contributed by atoms with Crippen molar-refractivity contribution >= 4 is 11.7 Å². The lowest BCUT2D eigenvalue weighted by Crippen LogP contribution is -2.21. The maximum Gasteiger partial charge on any atom is 0.340 e. The van der Waals surface area contributed by atoms with Gasteiger partial charge in [-0.05, 0) is 52.5 Å². The molecule has 0 bridgehead atoms. The molecule has 0 aromatic heterocycles. The Kier molecular flexibility index (Phi) is 3.66. The molecule has 0 heterocycles. The fraction of sp³-hybridized carbons (Fsp3) is 0.667. The normalized spacial score (nSPS) is 17.6. The number of hydrogen-bond acceptors (Lipinski definition) is 3. The fourth-order valence-electron chi connectivity index (χ4n) is 1.30. The maximum atomic E-state index is 11.4. The third-order valence-corrected chi connectivity index (χ3v) is 2.38. The van der Waals surface area contributed by atoms with Gasteiger partial charge < -0.3 is 4.84 Å². The molecule has 15 heavy (non-hydrogen) atoms. The van der Waals surface area contributed by atoms with Crippen LogP contribution in [0.1, 0.15) is 47.0 Å². The number of nitrogens with zero attached hydrogens (tertiary/aromatic N) is 1. The van der Waals surface area contributed by atoms with Crippen molar-refractivity contribution < 1.29 is 9.63 Å². The van der Waals surface area contributed by atoms with Gasteiger partial charge in [0, 0.05) is 0 Å². The standard InChI is InChI=1S/C12H19NO2/c1-9(10-7-5-6-8-10)13-15-11(14)12(2,3)4/h7H,5-6,8H2,1-4H3/b13-9+. The molecular formula is C12H19NO2. The summed E-state index contributed by atoms with van der Waals surface area (Å²) in [5, 5.41) is 3.87. The molecule has 0 aliphatic heterocycles. The summed E-state index contributed by atoms with van der Waals surface area (Å²) in [6, 6.07) is 0. The van der Waals surface area contributed by atoms with E-state index < -0.39 is 5.41 Å². The van der Waals surface area contributed by atoms with E-state index in [-0.39, 0.29) is 5.97 Å². The SMILES string of the molecule is C/C(=N\OC(=O)C(C)(C)C)C1=CCCC1. The van der Waals surface area contributed by atoms with E-state index in [0.29, 0.717) is 0 Å². The minimum atomic E-state index is -0.492. The number of oxime groups is 1. The first-order chi connectivity index (χ1) is 6.91. The largest absolute Gasteiger partial charge is 0.340 e. The maximum absolute atomic E-state index is 11.4. The van der Waals surface area contributed by atoms with Gasteiger partial charge in [-0.15, -0.1) is 0 Å². The zero-order valence-electron chi connectivity index (χ0n) is 9.96. The first-order valence-corrected chi connectivity index (χ1v) is 5.36. The number of hydrogen-bond donors (Lipinski definition) is 0. The average molecular weight is 209 g/mol. The molecule has 0 radical (unpaired) electrons. The van der Waals surface area contributed by atoms with Gasteiger partial charge in [0.2, 0.25) is 0 Å². The van der Waals surface area contributed by atoms with E-state index in [4.69, 9.17) is 4.84 Å². The van der Waals surface area contributed by atoms with Gasteiger partial charge in [0.15, 0.2) is 0 Å². The molecule has 0 saturated heterocycles. The molecule has 3 nitrogen and oxygen atoms in total. The highest BCUT2D eigenvalue weighted by molar-refractivity contribution is 5.98. The topological polar surface area (TPSA) is 38.7 Å². The van der Waals surface area contributed by atoms with Crippen LogP contribution in [0, 0.1) is 5.41 Å². The molecule has 0 aromatic carbocycles. The van der Waals surface area contributed by atoms with Gasteiger partial charge in [0.05, 0.1) is 11.1 Å². The Bertz CT molecular complexity index is 308. The van der Waals surface area contributed by atoms with Crippen molar-refractivity contribution in [2.75, 3.05) is 0 Å². The van der Waals surface area contributed by atoms with Crippen LogP contribution in [0.4, 0.5) is 0 Å². The monoisotopic (exact) mass is 209 g/mol. The van der Waals surface area contributed by atoms with Crippen LogP contribution in [-0.2, 0) is 9.63 Å². The highest BCUT2D eigenvalue weighted by atomic mass is 16.7. The van der Waals surface area contributed by atoms with Crippen molar-refractivity contribution in [1.29, 1.82) is 0 Å². The highest BCUT2D eigenvalue weighted by Gasteiger charge is 2.23. The van der Waals surface area contributed by atoms with Crippen LogP contribution in [0.2, 0.25) is 0 Å². The second kappa shape index (κ2) is 4.60. The predicted molar refractivity (Wildman–Crippen MR) is 60.6 cm³/mol. The quantitative estimate of drug-likeness (QED) is 0.398. The van der Waals surface area contributed by atoms with E-state index in [1.165, 1.54) is 12.0 Å². The van der Waals surface area contributed by atoms with E-state index in [2.05, 4.69) is 11.2 Å². The van der Waals surface area contributed by atoms with Crippen LogP contribution in [0.5, 0.6) is 0 Å². The fourth-order valence-corrected chi connectivity index (χ4v) is 1.30. The Morgan fingerprint density at radius 1 is 1.47 bits per heavy atom. The summed E-state index contributed by atoms with van der Waals surface area (Å²) >= 11 is 0. The summed E-state index contributed by atoms with van der Waals surface area (Å²) in [6.07, 6.45) is 5.48. The third-order valence-electron chi connectivity index (χ3n) is 2.38. The van der Waals surface area contributed by atoms with Gasteiger partial charge in [-0.25, -0.2) is 4.79 Å². The van der Waals surface area contributed by atoms with Crippen LogP contribution in [0.3, 0.4) is 0 Å². The molecule has 0 aromatic rings. The number of rotatable bonds is 2. The van der Waals surface area contributed by atoms with Crippen LogP contribution < -0.4 is 0 Å². The van der Waals surface area contributed by atoms with Crippen molar-refractivity contribution in [2.45, 2.75) is 47.0 Å². The van der Waals surface area contributed by atoms with E-state index in [0.717, 1.165) is 18.6 Å². The van der Waals surface area contributed by atoms with Gasteiger partial charge >= 0.3 is 5.97 Å². The van der Waals surface area contributed by atoms with Crippen molar-refractivity contribution in [2.24, 2.45) is 10.6 Å². The second-order valence-electron chi connectivity index (χ2n) is 4.93. The van der Waals surface area contributed by atoms with Gasteiger partial charge in [0.1, 0.15) is 0 Å². The number of carbonyl (C=O) groups is 1. The summed E-state index contributed by atoms with van der Waals surface area (Å²) < 4.78 is 0. The predicted octanol–water partition coefficient (Wildman–Crippen LogP) is 3.06. The Morgan fingerprint density at radius 3 is 2.60 bits per heavy atom. The van der Waals surface area contributed by atoms with Crippen molar-refractivity contribution in [3.05, 3.63) is 11.6 Å². The molecule has 0 atom stereocenters. The van der Waals surface area contributed by atoms with Crippen molar-refractivity contribution in [3.8, 4) is 0 Å². The zero-order chi connectivity index (χ0) is 11.5. The molecule has 3 heteroatoms. The lowest BCUT2D eigenvalue weighted by molar-refractivity contribution is -0.152. The molecule has 0 saturated carbocycles. The molecule has 1 aliphatic carbocycles. The van der Waals surface area contributed by atoms with Gasteiger partial charge in [0.25, 0.3) is 0 Å².